The number of benzene rings is 1. The van der Waals surface area contributed by atoms with Gasteiger partial charge in [-0.05, 0) is 89.8 Å². The summed E-state index contributed by atoms with van der Waals surface area (Å²) in [5.41, 5.74) is 0.328. The van der Waals surface area contributed by atoms with E-state index in [2.05, 4.69) is 51.7 Å². The smallest absolute Gasteiger partial charge is 0.231 e. The lowest BCUT2D eigenvalue weighted by Gasteiger charge is -2.45. The molecule has 2 saturated heterocycles. The highest BCUT2D eigenvalue weighted by Crippen LogP contribution is 2.41. The minimum Gasteiger partial charge on any atom is -0.340 e. The Kier molecular flexibility index (Phi) is 8.79. The van der Waals surface area contributed by atoms with Crippen LogP contribution < -0.4 is 0 Å². The highest BCUT2D eigenvalue weighted by molar-refractivity contribution is 6.30. The first kappa shape index (κ1) is 30.3. The zero-order valence-corrected chi connectivity index (χ0v) is 25.9. The van der Waals surface area contributed by atoms with Crippen LogP contribution in [0.15, 0.2) is 24.3 Å². The third-order valence-corrected chi connectivity index (χ3v) is 9.85. The zero-order chi connectivity index (χ0) is 28.8. The maximum atomic E-state index is 14.1. The van der Waals surface area contributed by atoms with Crippen molar-refractivity contribution in [3.05, 3.63) is 34.9 Å². The SMILES string of the molecule is CC1(C)CCC(N(C(=O)C(C)(C)CF)[C@H]2CCN(C(=O)C3CN(C(C)(C)C)C[C@H]3c3ccc(Cl)cc3)C2)CC1. The second-order valence-corrected chi connectivity index (χ2v) is 15.1. The normalized spacial score (nSPS) is 26.7. The van der Waals surface area contributed by atoms with Gasteiger partial charge in [-0.3, -0.25) is 14.5 Å². The number of likely N-dealkylation sites (tertiary alicyclic amines) is 2. The minimum atomic E-state index is -1.05. The maximum absolute atomic E-state index is 14.1. The number of hydrogen-bond acceptors (Lipinski definition) is 3. The predicted molar refractivity (Wildman–Crippen MR) is 157 cm³/mol. The van der Waals surface area contributed by atoms with Gasteiger partial charge >= 0.3 is 0 Å². The van der Waals surface area contributed by atoms with Crippen LogP contribution >= 0.6 is 11.6 Å². The molecule has 1 unspecified atom stereocenters. The van der Waals surface area contributed by atoms with Gasteiger partial charge < -0.3 is 9.80 Å². The molecule has 0 N–H and O–H groups in total. The Hall–Kier alpha value is -1.66. The molecule has 0 bridgehead atoms. The molecule has 3 fully saturated rings. The second kappa shape index (κ2) is 11.3. The van der Waals surface area contributed by atoms with Gasteiger partial charge in [0.1, 0.15) is 6.67 Å². The highest BCUT2D eigenvalue weighted by atomic mass is 35.5. The fourth-order valence-electron chi connectivity index (χ4n) is 6.75. The Morgan fingerprint density at radius 3 is 2.15 bits per heavy atom. The van der Waals surface area contributed by atoms with Crippen molar-refractivity contribution in [2.75, 3.05) is 32.9 Å². The molecular weight excluding hydrogens is 513 g/mol. The van der Waals surface area contributed by atoms with Crippen molar-refractivity contribution >= 4 is 23.4 Å². The van der Waals surface area contributed by atoms with Gasteiger partial charge in [-0.2, -0.15) is 0 Å². The molecule has 3 atom stereocenters. The molecule has 0 aromatic heterocycles. The summed E-state index contributed by atoms with van der Waals surface area (Å²) in [7, 11) is 0. The van der Waals surface area contributed by atoms with E-state index in [1.54, 1.807) is 13.8 Å². The van der Waals surface area contributed by atoms with Crippen molar-refractivity contribution in [2.45, 2.75) is 104 Å². The molecule has 2 aliphatic heterocycles. The van der Waals surface area contributed by atoms with Gasteiger partial charge in [0.25, 0.3) is 0 Å². The number of carbonyl (C=O) groups excluding carboxylic acids is 2. The van der Waals surface area contributed by atoms with Crippen molar-refractivity contribution in [1.82, 2.24) is 14.7 Å². The van der Waals surface area contributed by atoms with E-state index in [-0.39, 0.29) is 46.7 Å². The van der Waals surface area contributed by atoms with Crippen LogP contribution in [0.1, 0.15) is 92.1 Å². The monoisotopic (exact) mass is 561 g/mol. The van der Waals surface area contributed by atoms with E-state index < -0.39 is 12.1 Å². The van der Waals surface area contributed by atoms with E-state index in [9.17, 15) is 14.0 Å². The van der Waals surface area contributed by atoms with E-state index >= 15 is 0 Å². The average molecular weight is 562 g/mol. The molecule has 1 aromatic rings. The highest BCUT2D eigenvalue weighted by Gasteiger charge is 2.47. The first-order chi connectivity index (χ1) is 18.1. The Morgan fingerprint density at radius 2 is 1.59 bits per heavy atom. The van der Waals surface area contributed by atoms with Gasteiger partial charge in [0, 0.05) is 48.7 Å². The minimum absolute atomic E-state index is 0.0385. The molecule has 0 radical (unpaired) electrons. The quantitative estimate of drug-likeness (QED) is 0.396. The summed E-state index contributed by atoms with van der Waals surface area (Å²) in [4.78, 5) is 34.3. The van der Waals surface area contributed by atoms with Crippen LogP contribution in [0.5, 0.6) is 0 Å². The van der Waals surface area contributed by atoms with Crippen LogP contribution in [0, 0.1) is 16.7 Å². The van der Waals surface area contributed by atoms with Gasteiger partial charge in [0.05, 0.1) is 17.4 Å². The molecule has 3 aliphatic rings. The van der Waals surface area contributed by atoms with E-state index in [1.165, 1.54) is 0 Å². The van der Waals surface area contributed by atoms with E-state index in [0.29, 0.717) is 24.7 Å². The van der Waals surface area contributed by atoms with Crippen LogP contribution in [0.2, 0.25) is 5.02 Å². The van der Waals surface area contributed by atoms with Crippen molar-refractivity contribution in [1.29, 1.82) is 0 Å². The van der Waals surface area contributed by atoms with Crippen LogP contribution in [-0.2, 0) is 9.59 Å². The lowest BCUT2D eigenvalue weighted by Crippen LogP contribution is -2.55. The summed E-state index contributed by atoms with van der Waals surface area (Å²) >= 11 is 6.17. The van der Waals surface area contributed by atoms with E-state index in [1.807, 2.05) is 21.9 Å². The molecule has 5 nitrogen and oxygen atoms in total. The fourth-order valence-corrected chi connectivity index (χ4v) is 6.88. The number of hydrogen-bond donors (Lipinski definition) is 0. The summed E-state index contributed by atoms with van der Waals surface area (Å²) in [5.74, 6) is 0.0156. The molecule has 1 aliphatic carbocycles. The molecule has 1 aromatic carbocycles. The molecule has 2 heterocycles. The molecule has 4 rings (SSSR count). The van der Waals surface area contributed by atoms with Crippen molar-refractivity contribution < 1.29 is 14.0 Å². The van der Waals surface area contributed by atoms with Crippen molar-refractivity contribution in [3.8, 4) is 0 Å². The first-order valence-electron chi connectivity index (χ1n) is 14.8. The van der Waals surface area contributed by atoms with Gasteiger partial charge in [0.15, 0.2) is 0 Å². The molecular formula is C32H49ClFN3O2. The third-order valence-electron chi connectivity index (χ3n) is 9.60. The molecule has 0 spiro atoms. The van der Waals surface area contributed by atoms with Crippen LogP contribution in [0.25, 0.3) is 0 Å². The van der Waals surface area contributed by atoms with Crippen LogP contribution in [0.4, 0.5) is 4.39 Å². The van der Waals surface area contributed by atoms with E-state index in [0.717, 1.165) is 44.2 Å². The predicted octanol–water partition coefficient (Wildman–Crippen LogP) is 6.55. The van der Waals surface area contributed by atoms with Crippen LogP contribution in [-0.4, -0.2) is 77.0 Å². The summed E-state index contributed by atoms with van der Waals surface area (Å²) < 4.78 is 14.0. The largest absolute Gasteiger partial charge is 0.340 e. The summed E-state index contributed by atoms with van der Waals surface area (Å²) in [6.07, 6.45) is 4.74. The Morgan fingerprint density at radius 1 is 0.974 bits per heavy atom. The number of nitrogens with zero attached hydrogens (tertiary/aromatic N) is 3. The number of halogens is 2. The summed E-state index contributed by atoms with van der Waals surface area (Å²) in [6.45, 7) is 16.6. The van der Waals surface area contributed by atoms with E-state index in [4.69, 9.17) is 11.6 Å². The lowest BCUT2D eigenvalue weighted by atomic mass is 9.74. The maximum Gasteiger partial charge on any atom is 0.231 e. The average Bonchev–Trinajstić information content (AvgIpc) is 3.53. The summed E-state index contributed by atoms with van der Waals surface area (Å²) in [5, 5.41) is 0.696. The van der Waals surface area contributed by atoms with Gasteiger partial charge in [-0.25, -0.2) is 4.39 Å². The fraction of sp³-hybridized carbons (Fsp3) is 0.750. The molecule has 2 amide bonds. The molecule has 39 heavy (non-hydrogen) atoms. The topological polar surface area (TPSA) is 43.9 Å². The molecule has 1 saturated carbocycles. The van der Waals surface area contributed by atoms with Gasteiger partial charge in [-0.1, -0.05) is 37.6 Å². The first-order valence-corrected chi connectivity index (χ1v) is 15.2. The standard InChI is InChI=1S/C32H49ClFN3O2/c1-30(2,3)36-19-26(22-8-10-23(33)11-9-22)27(20-36)28(38)35-17-14-25(18-35)37(29(39)32(6,7)21-34)24-12-15-31(4,5)16-13-24/h8-11,24-27H,12-21H2,1-7H3/t25-,26-,27?/m0/s1. The van der Waals surface area contributed by atoms with Gasteiger partial charge in [0.2, 0.25) is 11.8 Å². The van der Waals surface area contributed by atoms with Crippen molar-refractivity contribution in [2.24, 2.45) is 16.7 Å². The number of rotatable bonds is 6. The molecule has 7 heteroatoms. The third kappa shape index (κ3) is 6.64. The Balaban J connectivity index is 1.54. The van der Waals surface area contributed by atoms with Gasteiger partial charge in [-0.15, -0.1) is 0 Å². The zero-order valence-electron chi connectivity index (χ0n) is 25.1. The number of amides is 2. The Labute approximate surface area is 240 Å². The number of carbonyl (C=O) groups is 2. The lowest BCUT2D eigenvalue weighted by molar-refractivity contribution is -0.148. The summed E-state index contributed by atoms with van der Waals surface area (Å²) in [6, 6.07) is 7.97. The number of alkyl halides is 1. The van der Waals surface area contributed by atoms with Crippen LogP contribution in [0.3, 0.4) is 0 Å². The molecule has 218 valence electrons. The Bertz CT molecular complexity index is 1020. The second-order valence-electron chi connectivity index (χ2n) is 14.7. The van der Waals surface area contributed by atoms with Crippen molar-refractivity contribution in [3.63, 3.8) is 0 Å².